The molecular weight excluding hydrogens is 567 g/mol. The molecule has 0 aromatic heterocycles. The molecule has 0 unspecified atom stereocenters. The molecule has 0 heterocycles. The minimum Gasteiger partial charge on any atom is -0.355 e. The molecule has 7 nitrogen and oxygen atoms in total. The lowest BCUT2D eigenvalue weighted by molar-refractivity contribution is -0.141. The Hall–Kier alpha value is -3.86. The molecule has 2 amide bonds. The number of amides is 2. The highest BCUT2D eigenvalue weighted by molar-refractivity contribution is 7.92. The van der Waals surface area contributed by atoms with Crippen LogP contribution >= 0.6 is 0 Å². The molecule has 0 aliphatic heterocycles. The van der Waals surface area contributed by atoms with Crippen molar-refractivity contribution in [1.82, 2.24) is 10.2 Å². The molecule has 0 fully saturated rings. The maximum atomic E-state index is 13.8. The van der Waals surface area contributed by atoms with Crippen molar-refractivity contribution in [1.29, 1.82) is 0 Å². The molecule has 0 bridgehead atoms. The lowest BCUT2D eigenvalue weighted by atomic mass is 10.0. The van der Waals surface area contributed by atoms with E-state index in [1.807, 2.05) is 61.5 Å². The van der Waals surface area contributed by atoms with Gasteiger partial charge in [-0.3, -0.25) is 13.9 Å². The maximum Gasteiger partial charge on any atom is 0.416 e. The van der Waals surface area contributed by atoms with Crippen molar-refractivity contribution in [3.8, 4) is 0 Å². The number of aryl methyl sites for hydroxylation is 1. The van der Waals surface area contributed by atoms with Crippen molar-refractivity contribution in [2.75, 3.05) is 23.7 Å². The Morgan fingerprint density at radius 1 is 0.952 bits per heavy atom. The summed E-state index contributed by atoms with van der Waals surface area (Å²) in [5.74, 6) is -0.687. The summed E-state index contributed by atoms with van der Waals surface area (Å²) in [7, 11) is -3.95. The first kappa shape index (κ1) is 32.7. The molecule has 1 atom stereocenters. The maximum absolute atomic E-state index is 13.8. The smallest absolute Gasteiger partial charge is 0.355 e. The van der Waals surface area contributed by atoms with Gasteiger partial charge in [-0.25, -0.2) is 8.42 Å². The van der Waals surface area contributed by atoms with Crippen LogP contribution < -0.4 is 9.62 Å². The van der Waals surface area contributed by atoms with Crippen molar-refractivity contribution in [2.24, 2.45) is 0 Å². The van der Waals surface area contributed by atoms with Gasteiger partial charge in [0.2, 0.25) is 21.8 Å². The second-order valence-electron chi connectivity index (χ2n) is 10.0. The normalized spacial score (nSPS) is 12.4. The summed E-state index contributed by atoms with van der Waals surface area (Å²) < 4.78 is 65.8. The summed E-state index contributed by atoms with van der Waals surface area (Å²) in [5, 5.41) is 2.82. The third-order valence-corrected chi connectivity index (χ3v) is 8.03. The summed E-state index contributed by atoms with van der Waals surface area (Å²) in [5.41, 5.74) is 1.55. The van der Waals surface area contributed by atoms with Crippen LogP contribution in [0.5, 0.6) is 0 Å². The molecule has 11 heteroatoms. The van der Waals surface area contributed by atoms with Crippen molar-refractivity contribution < 1.29 is 31.2 Å². The van der Waals surface area contributed by atoms with Gasteiger partial charge in [-0.2, -0.15) is 13.2 Å². The fraction of sp³-hybridized carbons (Fsp3) is 0.355. The van der Waals surface area contributed by atoms with Crippen LogP contribution in [0.3, 0.4) is 0 Å². The van der Waals surface area contributed by atoms with E-state index in [0.29, 0.717) is 6.54 Å². The second kappa shape index (κ2) is 14.4. The Balaban J connectivity index is 1.88. The number of nitrogens with zero attached hydrogens (tertiary/aromatic N) is 2. The van der Waals surface area contributed by atoms with Gasteiger partial charge in [0.25, 0.3) is 0 Å². The van der Waals surface area contributed by atoms with E-state index in [4.69, 9.17) is 0 Å². The van der Waals surface area contributed by atoms with Crippen LogP contribution in [0.25, 0.3) is 0 Å². The van der Waals surface area contributed by atoms with Gasteiger partial charge in [0.15, 0.2) is 0 Å². The first-order valence-electron chi connectivity index (χ1n) is 13.6. The Morgan fingerprint density at radius 2 is 1.62 bits per heavy atom. The van der Waals surface area contributed by atoms with Crippen LogP contribution in [0.15, 0.2) is 78.9 Å². The van der Waals surface area contributed by atoms with Crippen molar-refractivity contribution >= 4 is 27.5 Å². The summed E-state index contributed by atoms with van der Waals surface area (Å²) in [6.45, 7) is 4.02. The molecule has 0 saturated heterocycles. The van der Waals surface area contributed by atoms with Crippen LogP contribution in [-0.4, -0.2) is 50.5 Å². The summed E-state index contributed by atoms with van der Waals surface area (Å²) in [6, 6.07) is 20.1. The predicted molar refractivity (Wildman–Crippen MR) is 157 cm³/mol. The largest absolute Gasteiger partial charge is 0.416 e. The summed E-state index contributed by atoms with van der Waals surface area (Å²) >= 11 is 0. The summed E-state index contributed by atoms with van der Waals surface area (Å²) in [4.78, 5) is 28.6. The number of rotatable bonds is 13. The van der Waals surface area contributed by atoms with Gasteiger partial charge in [-0.05, 0) is 55.2 Å². The second-order valence-corrected chi connectivity index (χ2v) is 11.9. The lowest BCUT2D eigenvalue weighted by Crippen LogP contribution is -2.50. The molecule has 3 rings (SSSR count). The zero-order chi connectivity index (χ0) is 30.9. The van der Waals surface area contributed by atoms with Crippen molar-refractivity contribution in [3.05, 3.63) is 101 Å². The van der Waals surface area contributed by atoms with Crippen LogP contribution in [-0.2, 0) is 38.8 Å². The highest BCUT2D eigenvalue weighted by Crippen LogP contribution is 2.32. The van der Waals surface area contributed by atoms with E-state index in [1.54, 1.807) is 6.92 Å². The van der Waals surface area contributed by atoms with E-state index in [2.05, 4.69) is 5.32 Å². The van der Waals surface area contributed by atoms with E-state index in [9.17, 15) is 31.2 Å². The highest BCUT2D eigenvalue weighted by atomic mass is 32.2. The number of halogens is 3. The average Bonchev–Trinajstić information content (AvgIpc) is 2.93. The minimum absolute atomic E-state index is 0.0277. The molecule has 3 aromatic rings. The molecule has 0 aliphatic carbocycles. The Kier molecular flexibility index (Phi) is 11.2. The van der Waals surface area contributed by atoms with E-state index in [0.717, 1.165) is 45.5 Å². The number of benzene rings is 3. The number of hydrogen-bond acceptors (Lipinski definition) is 4. The monoisotopic (exact) mass is 603 g/mol. The van der Waals surface area contributed by atoms with Gasteiger partial charge in [0.1, 0.15) is 6.04 Å². The number of anilines is 1. The van der Waals surface area contributed by atoms with Gasteiger partial charge in [0.05, 0.1) is 17.5 Å². The first-order chi connectivity index (χ1) is 19.8. The molecule has 1 N–H and O–H groups in total. The third-order valence-electron chi connectivity index (χ3n) is 6.84. The Labute approximate surface area is 245 Å². The summed E-state index contributed by atoms with van der Waals surface area (Å²) in [6.07, 6.45) is -3.56. The Bertz CT molecular complexity index is 1460. The van der Waals surface area contributed by atoms with E-state index < -0.39 is 27.8 Å². The number of alkyl halides is 3. The zero-order valence-corrected chi connectivity index (χ0v) is 24.7. The fourth-order valence-electron chi connectivity index (χ4n) is 4.66. The predicted octanol–water partition coefficient (Wildman–Crippen LogP) is 5.34. The third kappa shape index (κ3) is 9.07. The number of hydrogen-bond donors (Lipinski definition) is 1. The number of nitrogens with one attached hydrogen (secondary N) is 1. The standard InChI is InChI=1S/C31H36F3N3O4S/c1-4-35-30(39)28(20-24-13-6-5-7-14-24)36(22-25-15-9-8-12-23(25)2)29(38)18-11-19-37(42(3,40)41)27-17-10-16-26(21-27)31(32,33)34/h5-10,12-17,21,28H,4,11,18-20,22H2,1-3H3,(H,35,39)/t28-/m0/s1. The lowest BCUT2D eigenvalue weighted by Gasteiger charge is -2.32. The van der Waals surface area contributed by atoms with Gasteiger partial charge >= 0.3 is 6.18 Å². The van der Waals surface area contributed by atoms with Crippen molar-refractivity contribution in [2.45, 2.75) is 51.9 Å². The Morgan fingerprint density at radius 3 is 2.24 bits per heavy atom. The molecule has 0 saturated carbocycles. The first-order valence-corrected chi connectivity index (χ1v) is 15.5. The van der Waals surface area contributed by atoms with Crippen molar-refractivity contribution in [3.63, 3.8) is 0 Å². The van der Waals surface area contributed by atoms with Crippen LogP contribution in [0, 0.1) is 6.92 Å². The van der Waals surface area contributed by atoms with E-state index in [1.165, 1.54) is 11.0 Å². The fourth-order valence-corrected chi connectivity index (χ4v) is 5.62. The van der Waals surface area contributed by atoms with Crippen LogP contribution in [0.1, 0.15) is 42.0 Å². The van der Waals surface area contributed by atoms with Gasteiger partial charge in [0, 0.05) is 32.5 Å². The average molecular weight is 604 g/mol. The number of carbonyl (C=O) groups excluding carboxylic acids is 2. The van der Waals surface area contributed by atoms with E-state index >= 15 is 0 Å². The SMILES string of the molecule is CCNC(=O)[C@H](Cc1ccccc1)N(Cc1ccccc1C)C(=O)CCCN(c1cccc(C(F)(F)F)c1)S(C)(=O)=O. The van der Waals surface area contributed by atoms with E-state index in [-0.39, 0.29) is 49.9 Å². The zero-order valence-electron chi connectivity index (χ0n) is 23.9. The molecule has 3 aromatic carbocycles. The minimum atomic E-state index is -4.64. The topological polar surface area (TPSA) is 86.8 Å². The molecule has 0 radical (unpaired) electrons. The molecule has 0 spiro atoms. The molecule has 0 aliphatic rings. The van der Waals surface area contributed by atoms with Crippen LogP contribution in [0.4, 0.5) is 18.9 Å². The molecule has 42 heavy (non-hydrogen) atoms. The highest BCUT2D eigenvalue weighted by Gasteiger charge is 2.32. The van der Waals surface area contributed by atoms with Gasteiger partial charge in [-0.15, -0.1) is 0 Å². The van der Waals surface area contributed by atoms with Gasteiger partial charge < -0.3 is 10.2 Å². The molecule has 226 valence electrons. The number of carbonyl (C=O) groups is 2. The van der Waals surface area contributed by atoms with Gasteiger partial charge in [-0.1, -0.05) is 60.7 Å². The number of likely N-dealkylation sites (N-methyl/N-ethyl adjacent to an activating group) is 1. The number of sulfonamides is 1. The quantitative estimate of drug-likeness (QED) is 0.286. The molecular formula is C31H36F3N3O4S. The van der Waals surface area contributed by atoms with Crippen LogP contribution in [0.2, 0.25) is 0 Å².